The van der Waals surface area contributed by atoms with Crippen molar-refractivity contribution in [2.45, 2.75) is 31.6 Å². The Bertz CT molecular complexity index is 978. The van der Waals surface area contributed by atoms with E-state index in [0.717, 1.165) is 23.2 Å². The van der Waals surface area contributed by atoms with Crippen LogP contribution in [0.2, 0.25) is 0 Å². The molecule has 0 saturated carbocycles. The molecule has 2 heterocycles. The fourth-order valence-electron chi connectivity index (χ4n) is 4.70. The van der Waals surface area contributed by atoms with Crippen LogP contribution in [-0.2, 0) is 26.2 Å². The summed E-state index contributed by atoms with van der Waals surface area (Å²) in [6, 6.07) is 15.2. The fourth-order valence-corrected chi connectivity index (χ4v) is 4.70. The van der Waals surface area contributed by atoms with Gasteiger partial charge in [0.2, 0.25) is 5.91 Å². The number of anilines is 1. The van der Waals surface area contributed by atoms with Crippen LogP contribution >= 0.6 is 0 Å². The normalized spacial score (nSPS) is 17.4. The average molecular weight is 406 g/mol. The van der Waals surface area contributed by atoms with Crippen molar-refractivity contribution >= 4 is 23.5 Å². The molecule has 0 atom stereocenters. The largest absolute Gasteiger partial charge is 0.468 e. The molecule has 30 heavy (non-hydrogen) atoms. The topological polar surface area (TPSA) is 66.9 Å². The highest BCUT2D eigenvalue weighted by Crippen LogP contribution is 2.37. The minimum Gasteiger partial charge on any atom is -0.468 e. The van der Waals surface area contributed by atoms with Crippen LogP contribution in [0.15, 0.2) is 48.5 Å². The van der Waals surface area contributed by atoms with Gasteiger partial charge in [-0.2, -0.15) is 0 Å². The Morgan fingerprint density at radius 2 is 1.67 bits per heavy atom. The molecule has 4 rings (SSSR count). The van der Waals surface area contributed by atoms with E-state index in [0.29, 0.717) is 38.0 Å². The summed E-state index contributed by atoms with van der Waals surface area (Å²) in [5.41, 5.74) is 2.77. The Balaban J connectivity index is 1.52. The first-order chi connectivity index (χ1) is 14.5. The van der Waals surface area contributed by atoms with Crippen molar-refractivity contribution < 1.29 is 19.1 Å². The molecule has 2 aromatic rings. The van der Waals surface area contributed by atoms with Gasteiger partial charge in [-0.3, -0.25) is 14.4 Å². The molecule has 0 N–H and O–H groups in total. The van der Waals surface area contributed by atoms with Gasteiger partial charge in [0.05, 0.1) is 12.5 Å². The van der Waals surface area contributed by atoms with E-state index in [4.69, 9.17) is 4.74 Å². The maximum absolute atomic E-state index is 13.1. The molecule has 0 aliphatic carbocycles. The smallest absolute Gasteiger partial charge is 0.316 e. The molecule has 0 aromatic heterocycles. The standard InChI is InChI=1S/C24H26N2O4/c1-17(27)26-13-10-18-16-19(8-9-21(18)26)22(28)25-14-11-24(12-15-25,23(29)30-2)20-6-4-3-5-7-20/h3-9,16H,10-15H2,1-2H3. The highest BCUT2D eigenvalue weighted by atomic mass is 16.5. The summed E-state index contributed by atoms with van der Waals surface area (Å²) in [4.78, 5) is 41.1. The maximum Gasteiger partial charge on any atom is 0.316 e. The molecule has 6 nitrogen and oxygen atoms in total. The van der Waals surface area contributed by atoms with Gasteiger partial charge in [0, 0.05) is 37.8 Å². The first-order valence-electron chi connectivity index (χ1n) is 10.3. The number of piperidine rings is 1. The molecule has 1 saturated heterocycles. The number of ether oxygens (including phenoxy) is 1. The number of rotatable bonds is 3. The number of likely N-dealkylation sites (tertiary alicyclic amines) is 1. The molecule has 2 aromatic carbocycles. The zero-order valence-corrected chi connectivity index (χ0v) is 17.4. The lowest BCUT2D eigenvalue weighted by Gasteiger charge is -2.40. The summed E-state index contributed by atoms with van der Waals surface area (Å²) in [5.74, 6) is -0.267. The Kier molecular flexibility index (Phi) is 5.33. The molecule has 6 heteroatoms. The van der Waals surface area contributed by atoms with E-state index in [9.17, 15) is 14.4 Å². The fraction of sp³-hybridized carbons (Fsp3) is 0.375. The Labute approximate surface area is 176 Å². The number of benzene rings is 2. The highest BCUT2D eigenvalue weighted by molar-refractivity contribution is 5.98. The summed E-state index contributed by atoms with van der Waals surface area (Å²) >= 11 is 0. The Morgan fingerprint density at radius 3 is 2.30 bits per heavy atom. The summed E-state index contributed by atoms with van der Waals surface area (Å²) in [6.45, 7) is 3.19. The average Bonchev–Trinajstić information content (AvgIpc) is 3.22. The molecule has 0 bridgehead atoms. The molecule has 0 radical (unpaired) electrons. The van der Waals surface area contributed by atoms with E-state index in [2.05, 4.69) is 0 Å². The third-order valence-electron chi connectivity index (χ3n) is 6.41. The lowest BCUT2D eigenvalue weighted by Crippen LogP contribution is -2.49. The zero-order chi connectivity index (χ0) is 21.3. The van der Waals surface area contributed by atoms with Gasteiger partial charge in [-0.25, -0.2) is 0 Å². The summed E-state index contributed by atoms with van der Waals surface area (Å²) in [7, 11) is 1.42. The minimum atomic E-state index is -0.716. The highest BCUT2D eigenvalue weighted by Gasteiger charge is 2.44. The number of nitrogens with zero attached hydrogens (tertiary/aromatic N) is 2. The van der Waals surface area contributed by atoms with Crippen LogP contribution in [0, 0.1) is 0 Å². The van der Waals surface area contributed by atoms with Crippen molar-refractivity contribution in [2.24, 2.45) is 0 Å². The number of hydrogen-bond donors (Lipinski definition) is 0. The quantitative estimate of drug-likeness (QED) is 0.735. The monoisotopic (exact) mass is 406 g/mol. The molecule has 2 aliphatic rings. The van der Waals surface area contributed by atoms with Crippen LogP contribution in [0.25, 0.3) is 0 Å². The first kappa shape index (κ1) is 20.1. The number of amides is 2. The lowest BCUT2D eigenvalue weighted by atomic mass is 9.72. The predicted octanol–water partition coefficient (Wildman–Crippen LogP) is 2.94. The minimum absolute atomic E-state index is 0.0175. The van der Waals surface area contributed by atoms with Crippen molar-refractivity contribution in [3.63, 3.8) is 0 Å². The third-order valence-corrected chi connectivity index (χ3v) is 6.41. The number of fused-ring (bicyclic) bond motifs is 1. The van der Waals surface area contributed by atoms with Gasteiger partial charge in [0.25, 0.3) is 5.91 Å². The van der Waals surface area contributed by atoms with Crippen LogP contribution in [0.3, 0.4) is 0 Å². The van der Waals surface area contributed by atoms with E-state index in [1.807, 2.05) is 47.4 Å². The number of carbonyl (C=O) groups is 3. The molecule has 2 amide bonds. The lowest BCUT2D eigenvalue weighted by molar-refractivity contribution is -0.149. The van der Waals surface area contributed by atoms with Gasteiger partial charge in [0.15, 0.2) is 0 Å². The van der Waals surface area contributed by atoms with Crippen LogP contribution < -0.4 is 4.90 Å². The van der Waals surface area contributed by atoms with Gasteiger partial charge in [-0.05, 0) is 48.6 Å². The van der Waals surface area contributed by atoms with Crippen LogP contribution in [0.5, 0.6) is 0 Å². The van der Waals surface area contributed by atoms with Gasteiger partial charge >= 0.3 is 5.97 Å². The van der Waals surface area contributed by atoms with Gasteiger partial charge in [-0.15, -0.1) is 0 Å². The summed E-state index contributed by atoms with van der Waals surface area (Å²) in [6.07, 6.45) is 1.81. The third kappa shape index (κ3) is 3.36. The van der Waals surface area contributed by atoms with E-state index in [-0.39, 0.29) is 17.8 Å². The molecule has 156 valence electrons. The second kappa shape index (κ2) is 7.94. The molecular weight excluding hydrogens is 380 g/mol. The van der Waals surface area contributed by atoms with E-state index < -0.39 is 5.41 Å². The molecule has 0 spiro atoms. The summed E-state index contributed by atoms with van der Waals surface area (Å²) < 4.78 is 5.13. The van der Waals surface area contributed by atoms with Crippen molar-refractivity contribution in [3.05, 3.63) is 65.2 Å². The molecule has 1 fully saturated rings. The van der Waals surface area contributed by atoms with Crippen LogP contribution in [-0.4, -0.2) is 49.4 Å². The number of methoxy groups -OCH3 is 1. The number of esters is 1. The van der Waals surface area contributed by atoms with Crippen molar-refractivity contribution in [2.75, 3.05) is 31.6 Å². The van der Waals surface area contributed by atoms with Crippen molar-refractivity contribution in [3.8, 4) is 0 Å². The molecule has 2 aliphatic heterocycles. The van der Waals surface area contributed by atoms with Gasteiger partial charge in [0.1, 0.15) is 0 Å². The Morgan fingerprint density at radius 1 is 0.967 bits per heavy atom. The second-order valence-corrected chi connectivity index (χ2v) is 8.00. The Hall–Kier alpha value is -3.15. The van der Waals surface area contributed by atoms with E-state index >= 15 is 0 Å². The van der Waals surface area contributed by atoms with Crippen LogP contribution in [0.1, 0.15) is 41.3 Å². The van der Waals surface area contributed by atoms with Crippen molar-refractivity contribution in [1.82, 2.24) is 4.90 Å². The van der Waals surface area contributed by atoms with E-state index in [1.54, 1.807) is 17.9 Å². The van der Waals surface area contributed by atoms with E-state index in [1.165, 1.54) is 7.11 Å². The predicted molar refractivity (Wildman–Crippen MR) is 113 cm³/mol. The van der Waals surface area contributed by atoms with Crippen LogP contribution in [0.4, 0.5) is 5.69 Å². The molecular formula is C24H26N2O4. The maximum atomic E-state index is 13.1. The van der Waals surface area contributed by atoms with Gasteiger partial charge < -0.3 is 14.5 Å². The summed E-state index contributed by atoms with van der Waals surface area (Å²) in [5, 5.41) is 0. The number of carbonyl (C=O) groups excluding carboxylic acids is 3. The van der Waals surface area contributed by atoms with Crippen molar-refractivity contribution in [1.29, 1.82) is 0 Å². The van der Waals surface area contributed by atoms with Gasteiger partial charge in [-0.1, -0.05) is 30.3 Å². The zero-order valence-electron chi connectivity index (χ0n) is 17.4. The number of hydrogen-bond acceptors (Lipinski definition) is 4. The second-order valence-electron chi connectivity index (χ2n) is 8.00. The molecule has 0 unspecified atom stereocenters. The first-order valence-corrected chi connectivity index (χ1v) is 10.3. The SMILES string of the molecule is COC(=O)C1(c2ccccc2)CCN(C(=O)c2ccc3c(c2)CCN3C(C)=O)CC1.